The van der Waals surface area contributed by atoms with Gasteiger partial charge in [0.05, 0.1) is 6.54 Å². The van der Waals surface area contributed by atoms with Gasteiger partial charge in [-0.3, -0.25) is 9.79 Å². The van der Waals surface area contributed by atoms with Crippen LogP contribution in [0.3, 0.4) is 0 Å². The standard InChI is InChI=1S/C18H31N5O/c1-13(2)14(3)21-18(19-4)20-11-15-8-7-9-16(10-15)22-17(24)12-23(5)6/h7-10,13-14H,11-12H2,1-6H3,(H,22,24)(H2,19,20,21). The van der Waals surface area contributed by atoms with Crippen molar-refractivity contribution in [3.05, 3.63) is 29.8 Å². The second-order valence-corrected chi connectivity index (χ2v) is 6.59. The molecule has 6 heteroatoms. The van der Waals surface area contributed by atoms with Gasteiger partial charge in [-0.2, -0.15) is 0 Å². The number of amides is 1. The molecular weight excluding hydrogens is 302 g/mol. The van der Waals surface area contributed by atoms with Crippen LogP contribution in [-0.2, 0) is 11.3 Å². The number of benzene rings is 1. The highest BCUT2D eigenvalue weighted by Gasteiger charge is 2.09. The maximum atomic E-state index is 11.8. The lowest BCUT2D eigenvalue weighted by molar-refractivity contribution is -0.116. The number of guanidine groups is 1. The molecule has 3 N–H and O–H groups in total. The lowest BCUT2D eigenvalue weighted by atomic mass is 10.1. The molecule has 0 aliphatic heterocycles. The lowest BCUT2D eigenvalue weighted by Gasteiger charge is -2.21. The third kappa shape index (κ3) is 7.46. The van der Waals surface area contributed by atoms with Crippen molar-refractivity contribution in [2.75, 3.05) is 33.0 Å². The van der Waals surface area contributed by atoms with Crippen molar-refractivity contribution in [1.82, 2.24) is 15.5 Å². The number of aliphatic imine (C=N–C) groups is 1. The van der Waals surface area contributed by atoms with Crippen molar-refractivity contribution in [2.24, 2.45) is 10.9 Å². The van der Waals surface area contributed by atoms with Crippen molar-refractivity contribution < 1.29 is 4.79 Å². The van der Waals surface area contributed by atoms with E-state index in [1.54, 1.807) is 7.05 Å². The van der Waals surface area contributed by atoms with Crippen LogP contribution in [0.5, 0.6) is 0 Å². The highest BCUT2D eigenvalue weighted by atomic mass is 16.2. The zero-order valence-corrected chi connectivity index (χ0v) is 15.7. The minimum Gasteiger partial charge on any atom is -0.354 e. The Morgan fingerprint density at radius 1 is 1.25 bits per heavy atom. The third-order valence-electron chi connectivity index (χ3n) is 3.72. The van der Waals surface area contributed by atoms with Gasteiger partial charge in [-0.05, 0) is 44.6 Å². The molecule has 0 aromatic heterocycles. The van der Waals surface area contributed by atoms with E-state index in [1.165, 1.54) is 0 Å². The first-order valence-corrected chi connectivity index (χ1v) is 8.32. The van der Waals surface area contributed by atoms with E-state index < -0.39 is 0 Å². The molecule has 0 bridgehead atoms. The van der Waals surface area contributed by atoms with Crippen LogP contribution in [0, 0.1) is 5.92 Å². The monoisotopic (exact) mass is 333 g/mol. The fourth-order valence-corrected chi connectivity index (χ4v) is 2.01. The fraction of sp³-hybridized carbons (Fsp3) is 0.556. The highest BCUT2D eigenvalue weighted by molar-refractivity contribution is 5.92. The molecule has 0 fully saturated rings. The summed E-state index contributed by atoms with van der Waals surface area (Å²) in [7, 11) is 5.51. The van der Waals surface area contributed by atoms with Crippen molar-refractivity contribution in [3.8, 4) is 0 Å². The molecule has 1 atom stereocenters. The SMILES string of the molecule is CN=C(NCc1cccc(NC(=O)CN(C)C)c1)NC(C)C(C)C. The summed E-state index contributed by atoms with van der Waals surface area (Å²) in [5, 5.41) is 9.58. The van der Waals surface area contributed by atoms with E-state index in [0.717, 1.165) is 17.2 Å². The quantitative estimate of drug-likeness (QED) is 0.526. The van der Waals surface area contributed by atoms with E-state index in [1.807, 2.05) is 43.3 Å². The van der Waals surface area contributed by atoms with Gasteiger partial charge in [0.25, 0.3) is 0 Å². The largest absolute Gasteiger partial charge is 0.354 e. The number of hydrogen-bond donors (Lipinski definition) is 3. The van der Waals surface area contributed by atoms with E-state index >= 15 is 0 Å². The second kappa shape index (κ2) is 9.93. The molecule has 1 rings (SSSR count). The van der Waals surface area contributed by atoms with Gasteiger partial charge >= 0.3 is 0 Å². The second-order valence-electron chi connectivity index (χ2n) is 6.59. The molecule has 0 saturated carbocycles. The topological polar surface area (TPSA) is 68.8 Å². The number of carbonyl (C=O) groups is 1. The maximum absolute atomic E-state index is 11.8. The number of hydrogen-bond acceptors (Lipinski definition) is 3. The van der Waals surface area contributed by atoms with Crippen LogP contribution in [0.15, 0.2) is 29.3 Å². The number of likely N-dealkylation sites (N-methyl/N-ethyl adjacent to an activating group) is 1. The minimum absolute atomic E-state index is 0.0201. The number of anilines is 1. The normalized spacial score (nSPS) is 13.1. The third-order valence-corrected chi connectivity index (χ3v) is 3.72. The minimum atomic E-state index is -0.0201. The Kier molecular flexibility index (Phi) is 8.26. The average Bonchev–Trinajstić information content (AvgIpc) is 2.50. The Bertz CT molecular complexity index is 554. The van der Waals surface area contributed by atoms with Crippen molar-refractivity contribution >= 4 is 17.6 Å². The summed E-state index contributed by atoms with van der Waals surface area (Å²) in [5.41, 5.74) is 1.89. The van der Waals surface area contributed by atoms with Crippen LogP contribution in [0.1, 0.15) is 26.3 Å². The first-order valence-electron chi connectivity index (χ1n) is 8.32. The summed E-state index contributed by atoms with van der Waals surface area (Å²) in [6, 6.07) is 8.17. The van der Waals surface area contributed by atoms with Crippen LogP contribution in [-0.4, -0.2) is 50.5 Å². The first kappa shape index (κ1) is 20.0. The van der Waals surface area contributed by atoms with Gasteiger partial charge in [0.1, 0.15) is 0 Å². The van der Waals surface area contributed by atoms with Gasteiger partial charge in [-0.15, -0.1) is 0 Å². The Hall–Kier alpha value is -2.08. The van der Waals surface area contributed by atoms with E-state index in [2.05, 4.69) is 41.7 Å². The molecule has 0 aliphatic rings. The lowest BCUT2D eigenvalue weighted by Crippen LogP contribution is -2.43. The molecule has 0 aliphatic carbocycles. The molecular formula is C18H31N5O. The van der Waals surface area contributed by atoms with Gasteiger partial charge in [-0.1, -0.05) is 26.0 Å². The Labute approximate surface area is 145 Å². The molecule has 1 aromatic rings. The summed E-state index contributed by atoms with van der Waals surface area (Å²) < 4.78 is 0. The number of carbonyl (C=O) groups excluding carboxylic acids is 1. The molecule has 1 unspecified atom stereocenters. The van der Waals surface area contributed by atoms with Crippen LogP contribution in [0.25, 0.3) is 0 Å². The number of rotatable bonds is 7. The molecule has 134 valence electrons. The maximum Gasteiger partial charge on any atom is 0.238 e. The number of nitrogens with one attached hydrogen (secondary N) is 3. The van der Waals surface area contributed by atoms with Crippen molar-refractivity contribution in [3.63, 3.8) is 0 Å². The first-order chi connectivity index (χ1) is 11.3. The molecule has 0 heterocycles. The summed E-state index contributed by atoms with van der Waals surface area (Å²) in [6.07, 6.45) is 0. The van der Waals surface area contributed by atoms with Gasteiger partial charge in [-0.25, -0.2) is 0 Å². The molecule has 0 spiro atoms. The van der Waals surface area contributed by atoms with Gasteiger partial charge in [0.2, 0.25) is 5.91 Å². The van der Waals surface area contributed by atoms with E-state index in [9.17, 15) is 4.79 Å². The molecule has 6 nitrogen and oxygen atoms in total. The predicted octanol–water partition coefficient (Wildman–Crippen LogP) is 1.90. The van der Waals surface area contributed by atoms with Crippen LogP contribution in [0.2, 0.25) is 0 Å². The van der Waals surface area contributed by atoms with Crippen molar-refractivity contribution in [1.29, 1.82) is 0 Å². The molecule has 0 saturated heterocycles. The van der Waals surface area contributed by atoms with Crippen molar-refractivity contribution in [2.45, 2.75) is 33.4 Å². The summed E-state index contributed by atoms with van der Waals surface area (Å²) in [6.45, 7) is 7.49. The summed E-state index contributed by atoms with van der Waals surface area (Å²) in [5.74, 6) is 1.28. The number of nitrogens with zero attached hydrogens (tertiary/aromatic N) is 2. The summed E-state index contributed by atoms with van der Waals surface area (Å²) in [4.78, 5) is 17.9. The van der Waals surface area contributed by atoms with Gasteiger partial charge < -0.3 is 20.9 Å². The van der Waals surface area contributed by atoms with E-state index in [0.29, 0.717) is 25.0 Å². The average molecular weight is 333 g/mol. The zero-order chi connectivity index (χ0) is 18.1. The van der Waals surface area contributed by atoms with Gasteiger partial charge in [0.15, 0.2) is 5.96 Å². The predicted molar refractivity (Wildman–Crippen MR) is 101 cm³/mol. The zero-order valence-electron chi connectivity index (χ0n) is 15.7. The molecule has 24 heavy (non-hydrogen) atoms. The van der Waals surface area contributed by atoms with Crippen LogP contribution < -0.4 is 16.0 Å². The molecule has 1 amide bonds. The van der Waals surface area contributed by atoms with Crippen LogP contribution in [0.4, 0.5) is 5.69 Å². The molecule has 0 radical (unpaired) electrons. The van der Waals surface area contributed by atoms with Crippen LogP contribution >= 0.6 is 0 Å². The Morgan fingerprint density at radius 2 is 1.96 bits per heavy atom. The summed E-state index contributed by atoms with van der Waals surface area (Å²) >= 11 is 0. The van der Waals surface area contributed by atoms with Gasteiger partial charge in [0, 0.05) is 25.3 Å². The fourth-order valence-electron chi connectivity index (χ4n) is 2.01. The Balaban J connectivity index is 2.59. The highest BCUT2D eigenvalue weighted by Crippen LogP contribution is 2.10. The van der Waals surface area contributed by atoms with E-state index in [4.69, 9.17) is 0 Å². The van der Waals surface area contributed by atoms with E-state index in [-0.39, 0.29) is 5.91 Å². The smallest absolute Gasteiger partial charge is 0.238 e. The molecule has 1 aromatic carbocycles. The Morgan fingerprint density at radius 3 is 2.54 bits per heavy atom.